The first-order valence-corrected chi connectivity index (χ1v) is 13.1. The minimum atomic E-state index is -3.98. The van der Waals surface area contributed by atoms with Crippen LogP contribution < -0.4 is 9.62 Å². The SMILES string of the molecule is CC[C@@H](C(=O)NC(C)C)N(Cc1ccccc1C)C(=O)CN(c1cccc([N+](=O)[O-])c1)S(C)(=O)=O. The van der Waals surface area contributed by atoms with Crippen LogP contribution in [-0.2, 0) is 26.2 Å². The number of amides is 2. The van der Waals surface area contributed by atoms with Crippen molar-refractivity contribution >= 4 is 33.2 Å². The Hall–Kier alpha value is -3.47. The Morgan fingerprint density at radius 2 is 1.77 bits per heavy atom. The summed E-state index contributed by atoms with van der Waals surface area (Å²) in [5.74, 6) is -0.943. The van der Waals surface area contributed by atoms with E-state index < -0.39 is 33.4 Å². The molecule has 190 valence electrons. The second-order valence-corrected chi connectivity index (χ2v) is 10.5. The highest BCUT2D eigenvalue weighted by atomic mass is 32.2. The Morgan fingerprint density at radius 3 is 2.31 bits per heavy atom. The van der Waals surface area contributed by atoms with Crippen molar-refractivity contribution in [2.45, 2.75) is 52.7 Å². The molecule has 10 nitrogen and oxygen atoms in total. The van der Waals surface area contributed by atoms with Crippen LogP contribution in [0.25, 0.3) is 0 Å². The first-order valence-electron chi connectivity index (χ1n) is 11.2. The van der Waals surface area contributed by atoms with E-state index in [-0.39, 0.29) is 29.9 Å². The van der Waals surface area contributed by atoms with Gasteiger partial charge in [0.1, 0.15) is 12.6 Å². The molecule has 0 saturated heterocycles. The van der Waals surface area contributed by atoms with Gasteiger partial charge >= 0.3 is 0 Å². The van der Waals surface area contributed by atoms with E-state index in [1.807, 2.05) is 45.0 Å². The normalized spacial score (nSPS) is 12.2. The molecule has 0 aliphatic rings. The smallest absolute Gasteiger partial charge is 0.271 e. The molecule has 0 heterocycles. The summed E-state index contributed by atoms with van der Waals surface area (Å²) in [4.78, 5) is 38.5. The summed E-state index contributed by atoms with van der Waals surface area (Å²) >= 11 is 0. The van der Waals surface area contributed by atoms with Crippen molar-refractivity contribution in [2.24, 2.45) is 0 Å². The second kappa shape index (κ2) is 11.8. The fourth-order valence-electron chi connectivity index (χ4n) is 3.65. The number of rotatable bonds is 11. The van der Waals surface area contributed by atoms with Crippen LogP contribution in [0.2, 0.25) is 0 Å². The zero-order valence-electron chi connectivity index (χ0n) is 20.6. The van der Waals surface area contributed by atoms with Crippen molar-refractivity contribution in [2.75, 3.05) is 17.1 Å². The summed E-state index contributed by atoms with van der Waals surface area (Å²) in [6.07, 6.45) is 1.24. The van der Waals surface area contributed by atoms with Crippen LogP contribution >= 0.6 is 0 Å². The first kappa shape index (κ1) is 27.8. The molecule has 1 N–H and O–H groups in total. The van der Waals surface area contributed by atoms with E-state index in [0.29, 0.717) is 6.42 Å². The van der Waals surface area contributed by atoms with Gasteiger partial charge in [0.05, 0.1) is 16.9 Å². The molecule has 0 aliphatic heterocycles. The Morgan fingerprint density at radius 1 is 1.11 bits per heavy atom. The van der Waals surface area contributed by atoms with Crippen LogP contribution in [0.15, 0.2) is 48.5 Å². The number of carbonyl (C=O) groups excluding carboxylic acids is 2. The quantitative estimate of drug-likeness (QED) is 0.370. The summed E-state index contributed by atoms with van der Waals surface area (Å²) in [6, 6.07) is 11.5. The lowest BCUT2D eigenvalue weighted by molar-refractivity contribution is -0.384. The van der Waals surface area contributed by atoms with Crippen LogP contribution in [0.3, 0.4) is 0 Å². The molecule has 0 unspecified atom stereocenters. The topological polar surface area (TPSA) is 130 Å². The number of nitrogens with one attached hydrogen (secondary N) is 1. The number of sulfonamides is 1. The van der Waals surface area contributed by atoms with Crippen molar-refractivity contribution in [1.82, 2.24) is 10.2 Å². The molecule has 2 rings (SSSR count). The largest absolute Gasteiger partial charge is 0.352 e. The number of hydrogen-bond acceptors (Lipinski definition) is 6. The first-order chi connectivity index (χ1) is 16.3. The molecule has 0 bridgehead atoms. The van der Waals surface area contributed by atoms with Gasteiger partial charge in [0, 0.05) is 24.7 Å². The van der Waals surface area contributed by atoms with Crippen molar-refractivity contribution < 1.29 is 22.9 Å². The maximum Gasteiger partial charge on any atom is 0.271 e. The third-order valence-electron chi connectivity index (χ3n) is 5.43. The Labute approximate surface area is 206 Å². The second-order valence-electron chi connectivity index (χ2n) is 8.58. The fraction of sp³-hybridized carbons (Fsp3) is 0.417. The summed E-state index contributed by atoms with van der Waals surface area (Å²) in [7, 11) is -3.98. The number of carbonyl (C=O) groups is 2. The van der Waals surface area contributed by atoms with Gasteiger partial charge in [0.25, 0.3) is 5.69 Å². The predicted molar refractivity (Wildman–Crippen MR) is 134 cm³/mol. The van der Waals surface area contributed by atoms with E-state index in [1.54, 1.807) is 6.92 Å². The summed E-state index contributed by atoms with van der Waals surface area (Å²) < 4.78 is 26.0. The number of benzene rings is 2. The van der Waals surface area contributed by atoms with Crippen LogP contribution in [-0.4, -0.2) is 54.9 Å². The van der Waals surface area contributed by atoms with Gasteiger partial charge in [-0.05, 0) is 44.4 Å². The lowest BCUT2D eigenvalue weighted by Crippen LogP contribution is -2.53. The Bertz CT molecular complexity index is 1180. The molecule has 0 fully saturated rings. The van der Waals surface area contributed by atoms with Gasteiger partial charge < -0.3 is 10.2 Å². The molecular weight excluding hydrogens is 472 g/mol. The molecule has 0 radical (unpaired) electrons. The van der Waals surface area contributed by atoms with E-state index in [0.717, 1.165) is 27.8 Å². The summed E-state index contributed by atoms with van der Waals surface area (Å²) in [5, 5.41) is 14.0. The number of nitro groups is 1. The van der Waals surface area contributed by atoms with Gasteiger partial charge in [-0.25, -0.2) is 8.42 Å². The van der Waals surface area contributed by atoms with Crippen LogP contribution in [0.5, 0.6) is 0 Å². The van der Waals surface area contributed by atoms with Gasteiger partial charge in [0.2, 0.25) is 21.8 Å². The maximum absolute atomic E-state index is 13.6. The molecule has 0 spiro atoms. The van der Waals surface area contributed by atoms with Crippen LogP contribution in [0.1, 0.15) is 38.3 Å². The predicted octanol–water partition coefficient (Wildman–Crippen LogP) is 3.00. The fourth-order valence-corrected chi connectivity index (χ4v) is 4.49. The number of non-ortho nitro benzene ring substituents is 1. The molecule has 2 aromatic carbocycles. The number of anilines is 1. The van der Waals surface area contributed by atoms with Gasteiger partial charge in [-0.15, -0.1) is 0 Å². The highest BCUT2D eigenvalue weighted by Gasteiger charge is 2.32. The zero-order valence-corrected chi connectivity index (χ0v) is 21.4. The molecule has 1 atom stereocenters. The van der Waals surface area contributed by atoms with E-state index >= 15 is 0 Å². The molecule has 0 aromatic heterocycles. The third kappa shape index (κ3) is 7.51. The number of aryl methyl sites for hydroxylation is 1. The van der Waals surface area contributed by atoms with Gasteiger partial charge in [-0.3, -0.25) is 24.0 Å². The van der Waals surface area contributed by atoms with Gasteiger partial charge in [-0.1, -0.05) is 37.3 Å². The standard InChI is InChI=1S/C24H32N4O6S/c1-6-22(24(30)25-17(2)3)26(15-19-11-8-7-10-18(19)4)23(29)16-27(35(5,33)34)20-12-9-13-21(14-20)28(31)32/h7-14,17,22H,6,15-16H2,1-5H3,(H,25,30)/t22-/m0/s1. The average Bonchev–Trinajstić information content (AvgIpc) is 2.77. The molecule has 11 heteroatoms. The molecule has 0 aliphatic carbocycles. The van der Waals surface area contributed by atoms with Gasteiger partial charge in [0.15, 0.2) is 0 Å². The number of nitro benzene ring substituents is 1. The van der Waals surface area contributed by atoms with Crippen LogP contribution in [0, 0.1) is 17.0 Å². The lowest BCUT2D eigenvalue weighted by Gasteiger charge is -2.33. The van der Waals surface area contributed by atoms with Crippen LogP contribution in [0.4, 0.5) is 11.4 Å². The molecule has 2 amide bonds. The van der Waals surface area contributed by atoms with Crippen molar-refractivity contribution in [3.63, 3.8) is 0 Å². The minimum absolute atomic E-state index is 0.00873. The maximum atomic E-state index is 13.6. The van der Waals surface area contributed by atoms with E-state index in [2.05, 4.69) is 5.32 Å². The van der Waals surface area contributed by atoms with E-state index in [4.69, 9.17) is 0 Å². The van der Waals surface area contributed by atoms with E-state index in [1.165, 1.54) is 23.1 Å². The number of nitrogens with zero attached hydrogens (tertiary/aromatic N) is 3. The number of hydrogen-bond donors (Lipinski definition) is 1. The molecular formula is C24H32N4O6S. The summed E-state index contributed by atoms with van der Waals surface area (Å²) in [6.45, 7) is 6.77. The Balaban J connectivity index is 2.49. The molecule has 35 heavy (non-hydrogen) atoms. The molecule has 0 saturated carbocycles. The van der Waals surface area contributed by atoms with Crippen molar-refractivity contribution in [1.29, 1.82) is 0 Å². The Kier molecular flexibility index (Phi) is 9.35. The highest BCUT2D eigenvalue weighted by molar-refractivity contribution is 7.92. The minimum Gasteiger partial charge on any atom is -0.352 e. The van der Waals surface area contributed by atoms with E-state index in [9.17, 15) is 28.1 Å². The van der Waals surface area contributed by atoms with Crippen molar-refractivity contribution in [3.05, 3.63) is 69.8 Å². The van der Waals surface area contributed by atoms with Gasteiger partial charge in [-0.2, -0.15) is 0 Å². The summed E-state index contributed by atoms with van der Waals surface area (Å²) in [5.41, 5.74) is 1.43. The molecule has 2 aromatic rings. The monoisotopic (exact) mass is 504 g/mol. The third-order valence-corrected chi connectivity index (χ3v) is 6.57. The van der Waals surface area contributed by atoms with Crippen molar-refractivity contribution in [3.8, 4) is 0 Å². The average molecular weight is 505 g/mol. The zero-order chi connectivity index (χ0) is 26.3. The lowest BCUT2D eigenvalue weighted by atomic mass is 10.1. The highest BCUT2D eigenvalue weighted by Crippen LogP contribution is 2.24.